The number of hydrogen-bond acceptors (Lipinski definition) is 4. The van der Waals surface area contributed by atoms with Gasteiger partial charge in [-0.3, -0.25) is 0 Å². The van der Waals surface area contributed by atoms with Gasteiger partial charge < -0.3 is 18.1 Å². The zero-order chi connectivity index (χ0) is 55.4. The lowest BCUT2D eigenvalue weighted by Gasteiger charge is -2.28. The second kappa shape index (κ2) is 21.1. The Bertz CT molecular complexity index is 2400. The Morgan fingerprint density at radius 3 is 0.500 bits per heavy atom. The van der Waals surface area contributed by atoms with Crippen molar-refractivity contribution in [3.05, 3.63) is 166 Å². The van der Waals surface area contributed by atoms with E-state index in [1.165, 1.54) is 44.5 Å². The molecule has 0 aliphatic carbocycles. The lowest BCUT2D eigenvalue weighted by molar-refractivity contribution is 0.489. The maximum atomic E-state index is 7.13. The van der Waals surface area contributed by atoms with Gasteiger partial charge >= 0.3 is 16.8 Å². The van der Waals surface area contributed by atoms with E-state index < -0.39 is 16.8 Å². The quantitative estimate of drug-likeness (QED) is 0.121. The maximum absolute atomic E-state index is 7.13. The number of benzene rings is 6. The number of hydrogen-bond donors (Lipinski definition) is 0. The normalized spacial score (nSPS) is 13.4. The van der Waals surface area contributed by atoms with Crippen LogP contribution in [0.1, 0.15) is 211 Å². The Labute approximate surface area is 452 Å². The van der Waals surface area contributed by atoms with E-state index in [1.807, 2.05) is 0 Å². The Kier molecular flexibility index (Phi) is 16.7. The van der Waals surface area contributed by atoms with Crippen LogP contribution >= 0.6 is 16.8 Å². The molecule has 0 atom stereocenters. The van der Waals surface area contributed by atoms with E-state index in [4.69, 9.17) is 18.1 Å². The molecule has 6 aromatic rings. The van der Waals surface area contributed by atoms with Gasteiger partial charge in [0.05, 0.1) is 10.6 Å². The molecule has 0 heterocycles. The van der Waals surface area contributed by atoms with Gasteiger partial charge in [-0.2, -0.15) is 0 Å². The summed E-state index contributed by atoms with van der Waals surface area (Å²) in [5.41, 5.74) is 11.5. The van der Waals surface area contributed by atoms with E-state index >= 15 is 0 Å². The van der Waals surface area contributed by atoms with Gasteiger partial charge in [-0.05, 0) is 172 Å². The summed E-state index contributed by atoms with van der Waals surface area (Å²) >= 11 is 0. The molecule has 74 heavy (non-hydrogen) atoms. The van der Waals surface area contributed by atoms with E-state index in [1.54, 1.807) is 0 Å². The molecule has 0 aliphatic heterocycles. The molecular weight excluding hydrogens is 943 g/mol. The fraction of sp³-hybridized carbons (Fsp3) is 0.471. The summed E-state index contributed by atoms with van der Waals surface area (Å²) in [7, 11) is -3.23. The van der Waals surface area contributed by atoms with Crippen molar-refractivity contribution in [2.75, 3.05) is 0 Å². The van der Waals surface area contributed by atoms with Gasteiger partial charge in [0.1, 0.15) is 23.0 Å². The first kappa shape index (κ1) is 58.6. The van der Waals surface area contributed by atoms with Crippen molar-refractivity contribution < 1.29 is 18.1 Å². The summed E-state index contributed by atoms with van der Waals surface area (Å²) in [6.45, 7) is 54.3. The van der Waals surface area contributed by atoms with Crippen molar-refractivity contribution in [2.24, 2.45) is 0 Å². The minimum atomic E-state index is -1.62. The SMILES string of the molecule is CC(C)(C)c1cc(OP(Oc2cc(C(C)(C)C)cc(C(C)(C)C)c2)c2ccc(-c3ccc(P(Oc4cc(C(C)(C)C)cc(C(C)(C)C)c4)Oc4cc(C(C)(C)C)cc(C(C)(C)C)c4)cc3)cc2)cc(C(C)(C)C)c1. The molecule has 398 valence electrons. The fourth-order valence-electron chi connectivity index (χ4n) is 8.25. The molecule has 0 saturated heterocycles. The van der Waals surface area contributed by atoms with Crippen LogP contribution in [0.4, 0.5) is 0 Å². The van der Waals surface area contributed by atoms with Crippen LogP contribution in [0.3, 0.4) is 0 Å². The van der Waals surface area contributed by atoms with Gasteiger partial charge in [-0.25, -0.2) is 0 Å². The summed E-state index contributed by atoms with van der Waals surface area (Å²) < 4.78 is 28.5. The third-order valence-corrected chi connectivity index (χ3v) is 16.7. The average Bonchev–Trinajstić information content (AvgIpc) is 3.26. The Hall–Kier alpha value is -4.62. The van der Waals surface area contributed by atoms with Gasteiger partial charge in [-0.15, -0.1) is 0 Å². The van der Waals surface area contributed by atoms with E-state index in [0.29, 0.717) is 0 Å². The van der Waals surface area contributed by atoms with Gasteiger partial charge in [0.25, 0.3) is 0 Å². The van der Waals surface area contributed by atoms with Gasteiger partial charge in [0.15, 0.2) is 0 Å². The molecule has 6 aromatic carbocycles. The van der Waals surface area contributed by atoms with Crippen LogP contribution in [0.25, 0.3) is 11.1 Å². The third-order valence-electron chi connectivity index (χ3n) is 13.8. The molecule has 0 bridgehead atoms. The molecule has 6 heteroatoms. The Balaban J connectivity index is 1.42. The summed E-state index contributed by atoms with van der Waals surface area (Å²) in [6.07, 6.45) is 0. The zero-order valence-electron chi connectivity index (χ0n) is 50.1. The molecule has 0 fully saturated rings. The molecule has 4 nitrogen and oxygen atoms in total. The highest BCUT2D eigenvalue weighted by Crippen LogP contribution is 2.47. The lowest BCUT2D eigenvalue weighted by Crippen LogP contribution is -2.18. The Morgan fingerprint density at radius 1 is 0.216 bits per heavy atom. The molecule has 6 rings (SSSR count). The summed E-state index contributed by atoms with van der Waals surface area (Å²) in [5, 5.41) is 1.98. The highest BCUT2D eigenvalue weighted by atomic mass is 31.2. The first-order valence-electron chi connectivity index (χ1n) is 26.8. The minimum absolute atomic E-state index is 0.0670. The lowest BCUT2D eigenvalue weighted by atomic mass is 9.80. The topological polar surface area (TPSA) is 36.9 Å². The highest BCUT2D eigenvalue weighted by molar-refractivity contribution is 7.57. The summed E-state index contributed by atoms with van der Waals surface area (Å²) in [4.78, 5) is 0. The predicted octanol–water partition coefficient (Wildman–Crippen LogP) is 19.9. The van der Waals surface area contributed by atoms with Crippen molar-refractivity contribution >= 4 is 27.4 Å². The first-order valence-corrected chi connectivity index (χ1v) is 29.2. The maximum Gasteiger partial charge on any atom is 0.326 e. The molecule has 0 unspecified atom stereocenters. The zero-order valence-corrected chi connectivity index (χ0v) is 51.9. The molecule has 0 radical (unpaired) electrons. The van der Waals surface area contributed by atoms with E-state index in [9.17, 15) is 0 Å². The van der Waals surface area contributed by atoms with E-state index in [2.05, 4.69) is 287 Å². The minimum Gasteiger partial charge on any atom is -0.435 e. The van der Waals surface area contributed by atoms with E-state index in [0.717, 1.165) is 44.7 Å². The van der Waals surface area contributed by atoms with Crippen LogP contribution in [-0.2, 0) is 43.3 Å². The van der Waals surface area contributed by atoms with Gasteiger partial charge in [-0.1, -0.05) is 215 Å². The molecule has 0 amide bonds. The largest absolute Gasteiger partial charge is 0.435 e. The molecule has 0 aromatic heterocycles. The van der Waals surface area contributed by atoms with Gasteiger partial charge in [0, 0.05) is 0 Å². The van der Waals surface area contributed by atoms with Crippen LogP contribution < -0.4 is 28.7 Å². The van der Waals surface area contributed by atoms with Crippen LogP contribution in [0, 0.1) is 0 Å². The smallest absolute Gasteiger partial charge is 0.326 e. The standard InChI is InChI=1S/C68H92O4P2/c1-61(2,3)47-33-48(62(4,5)6)38-55(37-47)69-73(70-56-39-49(63(7,8)9)34-50(40-56)64(10,11)12)59-29-25-45(26-30-59)46-27-31-60(32-28-46)74(71-57-41-51(65(13,14)15)35-52(42-57)66(16,17)18)72-58-43-53(67(19,20)21)36-54(44-58)68(22,23)24/h25-44H,1-24H3. The van der Waals surface area contributed by atoms with Crippen molar-refractivity contribution in [1.82, 2.24) is 0 Å². The molecule has 0 aliphatic rings. The number of rotatable bonds is 11. The van der Waals surface area contributed by atoms with Crippen LogP contribution in [0.15, 0.2) is 121 Å². The molecule has 0 spiro atoms. The first-order chi connectivity index (χ1) is 33.6. The van der Waals surface area contributed by atoms with Crippen molar-refractivity contribution in [1.29, 1.82) is 0 Å². The monoisotopic (exact) mass is 1030 g/mol. The van der Waals surface area contributed by atoms with Crippen molar-refractivity contribution in [2.45, 2.75) is 209 Å². The average molecular weight is 1040 g/mol. The molecule has 0 saturated carbocycles. The van der Waals surface area contributed by atoms with Gasteiger partial charge in [0.2, 0.25) is 0 Å². The highest BCUT2D eigenvalue weighted by Gasteiger charge is 2.30. The second-order valence-electron chi connectivity index (χ2n) is 29.0. The van der Waals surface area contributed by atoms with Crippen LogP contribution in [-0.4, -0.2) is 0 Å². The van der Waals surface area contributed by atoms with Crippen LogP contribution in [0.5, 0.6) is 23.0 Å². The summed E-state index contributed by atoms with van der Waals surface area (Å²) in [5.74, 6) is 3.27. The fourth-order valence-corrected chi connectivity index (χ4v) is 10.7. The van der Waals surface area contributed by atoms with Crippen molar-refractivity contribution in [3.63, 3.8) is 0 Å². The van der Waals surface area contributed by atoms with Crippen molar-refractivity contribution in [3.8, 4) is 34.1 Å². The predicted molar refractivity (Wildman–Crippen MR) is 323 cm³/mol. The molecule has 0 N–H and O–H groups in total. The molecular formula is C68H92O4P2. The second-order valence-corrected chi connectivity index (χ2v) is 31.7. The summed E-state index contributed by atoms with van der Waals surface area (Å²) in [6, 6.07) is 44.4. The Morgan fingerprint density at radius 2 is 0.365 bits per heavy atom. The third kappa shape index (κ3) is 15.3. The van der Waals surface area contributed by atoms with Crippen LogP contribution in [0.2, 0.25) is 0 Å². The van der Waals surface area contributed by atoms with E-state index in [-0.39, 0.29) is 43.3 Å².